The zero-order valence-corrected chi connectivity index (χ0v) is 11.6. The fourth-order valence-electron chi connectivity index (χ4n) is 2.76. The number of nitrogens with two attached hydrogens (primary N) is 1. The Morgan fingerprint density at radius 2 is 2.10 bits per heavy atom. The molecule has 0 aromatic carbocycles. The Kier molecular flexibility index (Phi) is 4.94. The van der Waals surface area contributed by atoms with Crippen molar-refractivity contribution in [1.82, 2.24) is 15.5 Å². The first kappa shape index (κ1) is 14.8. The normalized spacial score (nSPS) is 27.2. The average molecular weight is 282 g/mol. The van der Waals surface area contributed by atoms with Crippen molar-refractivity contribution >= 4 is 17.7 Å². The van der Waals surface area contributed by atoms with E-state index in [4.69, 9.17) is 5.73 Å². The summed E-state index contributed by atoms with van der Waals surface area (Å²) in [5.74, 6) is -0.850. The minimum Gasteiger partial charge on any atom is -0.368 e. The zero-order chi connectivity index (χ0) is 14.5. The van der Waals surface area contributed by atoms with Crippen LogP contribution in [0.1, 0.15) is 32.1 Å². The van der Waals surface area contributed by atoms with E-state index in [1.807, 2.05) is 0 Å². The number of amides is 3. The van der Waals surface area contributed by atoms with Gasteiger partial charge in [0.15, 0.2) is 0 Å². The number of primary amides is 1. The lowest BCUT2D eigenvalue weighted by Crippen LogP contribution is -2.52. The minimum absolute atomic E-state index is 0.0765. The van der Waals surface area contributed by atoms with Crippen LogP contribution in [0.2, 0.25) is 0 Å². The lowest BCUT2D eigenvalue weighted by atomic mass is 10.1. The van der Waals surface area contributed by atoms with Gasteiger partial charge < -0.3 is 21.3 Å². The van der Waals surface area contributed by atoms with Crippen LogP contribution < -0.4 is 16.4 Å². The number of hydrogen-bond acceptors (Lipinski definition) is 4. The molecule has 0 aliphatic carbocycles. The second-order valence-corrected chi connectivity index (χ2v) is 5.43. The van der Waals surface area contributed by atoms with Gasteiger partial charge in [-0.3, -0.25) is 14.4 Å². The molecule has 112 valence electrons. The van der Waals surface area contributed by atoms with Crippen LogP contribution in [-0.4, -0.2) is 54.3 Å². The summed E-state index contributed by atoms with van der Waals surface area (Å²) in [6.07, 6.45) is 4.08. The van der Waals surface area contributed by atoms with Crippen molar-refractivity contribution in [3.8, 4) is 0 Å². The predicted octanol–water partition coefficient (Wildman–Crippen LogP) is -1.28. The first-order valence-corrected chi connectivity index (χ1v) is 7.19. The first-order chi connectivity index (χ1) is 9.58. The summed E-state index contributed by atoms with van der Waals surface area (Å²) in [6, 6.07) is -0.734. The van der Waals surface area contributed by atoms with Crippen LogP contribution in [0.4, 0.5) is 0 Å². The highest BCUT2D eigenvalue weighted by molar-refractivity contribution is 5.91. The molecule has 4 N–H and O–H groups in total. The third kappa shape index (κ3) is 3.69. The molecule has 2 heterocycles. The van der Waals surface area contributed by atoms with Crippen LogP contribution in [-0.2, 0) is 14.4 Å². The van der Waals surface area contributed by atoms with Crippen LogP contribution in [0.25, 0.3) is 0 Å². The molecule has 0 aromatic heterocycles. The molecule has 0 bridgehead atoms. The van der Waals surface area contributed by atoms with Crippen LogP contribution in [0, 0.1) is 0 Å². The number of carbonyl (C=O) groups is 3. The van der Waals surface area contributed by atoms with E-state index in [0.29, 0.717) is 13.0 Å². The van der Waals surface area contributed by atoms with Gasteiger partial charge in [0.05, 0.1) is 12.6 Å². The summed E-state index contributed by atoms with van der Waals surface area (Å²) in [4.78, 5) is 36.8. The SMILES string of the molecule is NC(=O)CN1CCCC[C@@H](NC(=O)C2CCCN2)C1=O. The Balaban J connectivity index is 1.95. The highest BCUT2D eigenvalue weighted by Gasteiger charge is 2.31. The molecule has 0 radical (unpaired) electrons. The Bertz CT molecular complexity index is 393. The molecular formula is C13H22N4O3. The molecular weight excluding hydrogens is 260 g/mol. The van der Waals surface area contributed by atoms with Crippen LogP contribution >= 0.6 is 0 Å². The van der Waals surface area contributed by atoms with Gasteiger partial charge in [0, 0.05) is 6.54 Å². The van der Waals surface area contributed by atoms with Crippen LogP contribution in [0.3, 0.4) is 0 Å². The van der Waals surface area contributed by atoms with Gasteiger partial charge in [-0.25, -0.2) is 0 Å². The summed E-state index contributed by atoms with van der Waals surface area (Å²) in [7, 11) is 0. The molecule has 2 aliphatic rings. The molecule has 0 spiro atoms. The zero-order valence-electron chi connectivity index (χ0n) is 11.6. The largest absolute Gasteiger partial charge is 0.368 e. The minimum atomic E-state index is -0.535. The van der Waals surface area contributed by atoms with E-state index in [1.165, 1.54) is 4.90 Å². The highest BCUT2D eigenvalue weighted by atomic mass is 16.2. The number of carbonyl (C=O) groups excluding carboxylic acids is 3. The maximum absolute atomic E-state index is 12.3. The number of nitrogens with one attached hydrogen (secondary N) is 2. The van der Waals surface area contributed by atoms with E-state index in [2.05, 4.69) is 10.6 Å². The molecule has 7 heteroatoms. The Labute approximate surface area is 118 Å². The first-order valence-electron chi connectivity index (χ1n) is 7.19. The van der Waals surface area contributed by atoms with Gasteiger partial charge in [0.2, 0.25) is 17.7 Å². The molecule has 7 nitrogen and oxygen atoms in total. The van der Waals surface area contributed by atoms with Crippen molar-refractivity contribution in [1.29, 1.82) is 0 Å². The maximum atomic E-state index is 12.3. The monoisotopic (exact) mass is 282 g/mol. The second-order valence-electron chi connectivity index (χ2n) is 5.43. The molecule has 1 unspecified atom stereocenters. The lowest BCUT2D eigenvalue weighted by molar-refractivity contribution is -0.138. The number of hydrogen-bond donors (Lipinski definition) is 3. The van der Waals surface area contributed by atoms with Crippen LogP contribution in [0.5, 0.6) is 0 Å². The summed E-state index contributed by atoms with van der Waals surface area (Å²) >= 11 is 0. The Hall–Kier alpha value is -1.63. The van der Waals surface area contributed by atoms with Crippen molar-refractivity contribution < 1.29 is 14.4 Å². The summed E-state index contributed by atoms with van der Waals surface area (Å²) in [5, 5.41) is 5.92. The van der Waals surface area contributed by atoms with Gasteiger partial charge in [-0.05, 0) is 38.6 Å². The molecule has 2 rings (SSSR count). The van der Waals surface area contributed by atoms with E-state index in [9.17, 15) is 14.4 Å². The molecule has 2 fully saturated rings. The summed E-state index contributed by atoms with van der Waals surface area (Å²) in [5.41, 5.74) is 5.15. The van der Waals surface area contributed by atoms with E-state index < -0.39 is 11.9 Å². The summed E-state index contributed by atoms with van der Waals surface area (Å²) < 4.78 is 0. The fraction of sp³-hybridized carbons (Fsp3) is 0.769. The smallest absolute Gasteiger partial charge is 0.245 e. The van der Waals surface area contributed by atoms with E-state index >= 15 is 0 Å². The van der Waals surface area contributed by atoms with E-state index in [1.54, 1.807) is 0 Å². The molecule has 20 heavy (non-hydrogen) atoms. The van der Waals surface area contributed by atoms with Gasteiger partial charge in [-0.15, -0.1) is 0 Å². The molecule has 0 aromatic rings. The van der Waals surface area contributed by atoms with E-state index in [0.717, 1.165) is 32.2 Å². The molecule has 2 aliphatic heterocycles. The third-order valence-electron chi connectivity index (χ3n) is 3.82. The average Bonchev–Trinajstić information content (AvgIpc) is 2.88. The Morgan fingerprint density at radius 1 is 1.30 bits per heavy atom. The van der Waals surface area contributed by atoms with Crippen molar-refractivity contribution in [2.75, 3.05) is 19.6 Å². The molecule has 3 amide bonds. The quantitative estimate of drug-likeness (QED) is 0.597. The third-order valence-corrected chi connectivity index (χ3v) is 3.82. The summed E-state index contributed by atoms with van der Waals surface area (Å²) in [6.45, 7) is 1.28. The van der Waals surface area contributed by atoms with Crippen molar-refractivity contribution in [3.05, 3.63) is 0 Å². The maximum Gasteiger partial charge on any atom is 0.245 e. The van der Waals surface area contributed by atoms with Crippen molar-refractivity contribution in [3.63, 3.8) is 0 Å². The van der Waals surface area contributed by atoms with Gasteiger partial charge in [-0.1, -0.05) is 0 Å². The molecule has 2 saturated heterocycles. The Morgan fingerprint density at radius 3 is 2.75 bits per heavy atom. The standard InChI is InChI=1S/C13H22N4O3/c14-11(18)8-17-7-2-1-4-10(13(17)20)16-12(19)9-5-3-6-15-9/h9-10,15H,1-8H2,(H2,14,18)(H,16,19)/t9?,10-/m1/s1. The van der Waals surface area contributed by atoms with Gasteiger partial charge in [0.1, 0.15) is 6.04 Å². The fourth-order valence-corrected chi connectivity index (χ4v) is 2.76. The van der Waals surface area contributed by atoms with E-state index in [-0.39, 0.29) is 24.4 Å². The number of rotatable bonds is 4. The predicted molar refractivity (Wildman–Crippen MR) is 72.6 cm³/mol. The van der Waals surface area contributed by atoms with Gasteiger partial charge in [-0.2, -0.15) is 0 Å². The highest BCUT2D eigenvalue weighted by Crippen LogP contribution is 2.13. The van der Waals surface area contributed by atoms with Crippen molar-refractivity contribution in [2.45, 2.75) is 44.2 Å². The lowest BCUT2D eigenvalue weighted by Gasteiger charge is -2.24. The second kappa shape index (κ2) is 6.69. The van der Waals surface area contributed by atoms with Gasteiger partial charge >= 0.3 is 0 Å². The number of nitrogens with zero attached hydrogens (tertiary/aromatic N) is 1. The van der Waals surface area contributed by atoms with Crippen molar-refractivity contribution in [2.24, 2.45) is 5.73 Å². The van der Waals surface area contributed by atoms with Gasteiger partial charge in [0.25, 0.3) is 0 Å². The number of likely N-dealkylation sites (tertiary alicyclic amines) is 1. The molecule has 2 atom stereocenters. The molecule has 0 saturated carbocycles. The topological polar surface area (TPSA) is 105 Å². The van der Waals surface area contributed by atoms with Crippen LogP contribution in [0.15, 0.2) is 0 Å².